The molecule has 0 aromatic heterocycles. The maximum atomic E-state index is 14.4. The van der Waals surface area contributed by atoms with Gasteiger partial charge in [0.05, 0.1) is 11.9 Å². The van der Waals surface area contributed by atoms with Gasteiger partial charge >= 0.3 is 0 Å². The van der Waals surface area contributed by atoms with Gasteiger partial charge in [-0.25, -0.2) is 12.8 Å². The molecule has 0 aliphatic rings. The smallest absolute Gasteiger partial charge is 0.244 e. The van der Waals surface area contributed by atoms with Gasteiger partial charge in [-0.05, 0) is 43.0 Å². The second-order valence-electron chi connectivity index (χ2n) is 8.48. The van der Waals surface area contributed by atoms with Crippen LogP contribution >= 0.6 is 0 Å². The number of nitrogens with one attached hydrogen (secondary N) is 1. The molecule has 2 aromatic rings. The molecular weight excluding hydrogens is 445 g/mol. The summed E-state index contributed by atoms with van der Waals surface area (Å²) in [4.78, 5) is 27.5. The van der Waals surface area contributed by atoms with Crippen molar-refractivity contribution < 1.29 is 22.4 Å². The SMILES string of the molecule is Cc1ccccc1CN(C(=O)CN(c1ccccc1F)S(C)(=O)=O)C(C)C(=O)NCC(C)C. The van der Waals surface area contributed by atoms with E-state index in [-0.39, 0.29) is 24.1 Å². The lowest BCUT2D eigenvalue weighted by atomic mass is 10.1. The van der Waals surface area contributed by atoms with E-state index in [0.29, 0.717) is 6.54 Å². The minimum atomic E-state index is -3.97. The standard InChI is InChI=1S/C24H32FN3O4S/c1-17(2)14-26-24(30)19(4)27(15-20-11-7-6-10-18(20)3)23(29)16-28(33(5,31)32)22-13-9-8-12-21(22)25/h6-13,17,19H,14-16H2,1-5H3,(H,26,30). The maximum absolute atomic E-state index is 14.4. The quantitative estimate of drug-likeness (QED) is 0.570. The van der Waals surface area contributed by atoms with Gasteiger partial charge in [-0.1, -0.05) is 50.2 Å². The Morgan fingerprint density at radius 2 is 1.64 bits per heavy atom. The van der Waals surface area contributed by atoms with E-state index in [1.54, 1.807) is 6.92 Å². The van der Waals surface area contributed by atoms with Crippen molar-refractivity contribution in [3.05, 3.63) is 65.5 Å². The largest absolute Gasteiger partial charge is 0.354 e. The number of rotatable bonds is 10. The fourth-order valence-corrected chi connectivity index (χ4v) is 4.11. The normalized spacial score (nSPS) is 12.3. The highest BCUT2D eigenvalue weighted by Gasteiger charge is 2.31. The van der Waals surface area contributed by atoms with Gasteiger partial charge in [-0.15, -0.1) is 0 Å². The van der Waals surface area contributed by atoms with Crippen LogP contribution in [0.2, 0.25) is 0 Å². The fourth-order valence-electron chi connectivity index (χ4n) is 3.25. The van der Waals surface area contributed by atoms with Crippen LogP contribution in [-0.4, -0.2) is 50.5 Å². The molecule has 9 heteroatoms. The van der Waals surface area contributed by atoms with Crippen molar-refractivity contribution in [1.29, 1.82) is 0 Å². The van der Waals surface area contributed by atoms with Crippen molar-refractivity contribution in [2.45, 2.75) is 40.3 Å². The summed E-state index contributed by atoms with van der Waals surface area (Å²) in [6.07, 6.45) is 0.914. The number of hydrogen-bond acceptors (Lipinski definition) is 4. The lowest BCUT2D eigenvalue weighted by Gasteiger charge is -2.32. The van der Waals surface area contributed by atoms with E-state index in [1.807, 2.05) is 45.0 Å². The zero-order chi connectivity index (χ0) is 24.8. The second kappa shape index (κ2) is 11.3. The van der Waals surface area contributed by atoms with Gasteiger partial charge < -0.3 is 10.2 Å². The summed E-state index contributed by atoms with van der Waals surface area (Å²) >= 11 is 0. The molecule has 1 unspecified atom stereocenters. The van der Waals surface area contributed by atoms with Crippen LogP contribution in [-0.2, 0) is 26.2 Å². The number of sulfonamides is 1. The molecule has 2 aromatic carbocycles. The first-order valence-corrected chi connectivity index (χ1v) is 12.6. The topological polar surface area (TPSA) is 86.8 Å². The predicted molar refractivity (Wildman–Crippen MR) is 128 cm³/mol. The first-order chi connectivity index (χ1) is 15.4. The molecule has 7 nitrogen and oxygen atoms in total. The highest BCUT2D eigenvalue weighted by Crippen LogP contribution is 2.22. The Hall–Kier alpha value is -2.94. The third-order valence-corrected chi connectivity index (χ3v) is 6.38. The zero-order valence-electron chi connectivity index (χ0n) is 19.7. The number of para-hydroxylation sites is 1. The Morgan fingerprint density at radius 3 is 2.21 bits per heavy atom. The van der Waals surface area contributed by atoms with E-state index in [2.05, 4.69) is 5.32 Å². The second-order valence-corrected chi connectivity index (χ2v) is 10.4. The Morgan fingerprint density at radius 1 is 1.03 bits per heavy atom. The third-order valence-electron chi connectivity index (χ3n) is 5.25. The summed E-state index contributed by atoms with van der Waals surface area (Å²) in [6.45, 7) is 7.33. The van der Waals surface area contributed by atoms with Crippen LogP contribution in [0, 0.1) is 18.7 Å². The number of anilines is 1. The van der Waals surface area contributed by atoms with Gasteiger partial charge in [-0.2, -0.15) is 0 Å². The summed E-state index contributed by atoms with van der Waals surface area (Å²) in [5.41, 5.74) is 1.53. The molecule has 0 aliphatic carbocycles. The first-order valence-electron chi connectivity index (χ1n) is 10.8. The molecular formula is C24H32FN3O4S. The van der Waals surface area contributed by atoms with E-state index in [1.165, 1.54) is 23.1 Å². The first kappa shape index (κ1) is 26.3. The molecule has 2 amide bonds. The van der Waals surface area contributed by atoms with Crippen molar-refractivity contribution in [2.75, 3.05) is 23.7 Å². The summed E-state index contributed by atoms with van der Waals surface area (Å²) in [5, 5.41) is 2.82. The zero-order valence-corrected chi connectivity index (χ0v) is 20.5. The number of hydrogen-bond donors (Lipinski definition) is 1. The highest BCUT2D eigenvalue weighted by molar-refractivity contribution is 7.92. The number of amides is 2. The number of carbonyl (C=O) groups is 2. The predicted octanol–water partition coefficient (Wildman–Crippen LogP) is 3.09. The highest BCUT2D eigenvalue weighted by atomic mass is 32.2. The van der Waals surface area contributed by atoms with Crippen LogP contribution in [0.4, 0.5) is 10.1 Å². The minimum Gasteiger partial charge on any atom is -0.354 e. The summed E-state index contributed by atoms with van der Waals surface area (Å²) in [6, 6.07) is 11.9. The molecule has 0 aliphatic heterocycles. The van der Waals surface area contributed by atoms with E-state index in [9.17, 15) is 22.4 Å². The van der Waals surface area contributed by atoms with Crippen molar-refractivity contribution >= 4 is 27.5 Å². The average molecular weight is 478 g/mol. The summed E-state index contributed by atoms with van der Waals surface area (Å²) in [5.74, 6) is -1.49. The Balaban J connectivity index is 2.39. The molecule has 2 rings (SSSR count). The van der Waals surface area contributed by atoms with Gasteiger partial charge in [0.25, 0.3) is 0 Å². The molecule has 0 fully saturated rings. The van der Waals surface area contributed by atoms with Crippen LogP contribution in [0.1, 0.15) is 31.9 Å². The lowest BCUT2D eigenvalue weighted by Crippen LogP contribution is -2.51. The Labute approximate surface area is 195 Å². The van der Waals surface area contributed by atoms with Crippen molar-refractivity contribution in [1.82, 2.24) is 10.2 Å². The lowest BCUT2D eigenvalue weighted by molar-refractivity contribution is -0.139. The van der Waals surface area contributed by atoms with E-state index in [0.717, 1.165) is 27.8 Å². The van der Waals surface area contributed by atoms with Gasteiger partial charge in [0.2, 0.25) is 21.8 Å². The molecule has 33 heavy (non-hydrogen) atoms. The fraction of sp³-hybridized carbons (Fsp3) is 0.417. The molecule has 1 N–H and O–H groups in total. The molecule has 0 saturated heterocycles. The number of nitrogens with zero attached hydrogens (tertiary/aromatic N) is 2. The summed E-state index contributed by atoms with van der Waals surface area (Å²) < 4.78 is 40.0. The number of aryl methyl sites for hydroxylation is 1. The third kappa shape index (κ3) is 7.28. The number of halogens is 1. The van der Waals surface area contributed by atoms with Gasteiger partial charge in [0.1, 0.15) is 18.4 Å². The van der Waals surface area contributed by atoms with E-state index in [4.69, 9.17) is 0 Å². The molecule has 0 radical (unpaired) electrons. The number of benzene rings is 2. The monoisotopic (exact) mass is 477 g/mol. The van der Waals surface area contributed by atoms with Crippen LogP contribution in [0.5, 0.6) is 0 Å². The van der Waals surface area contributed by atoms with Gasteiger partial charge in [0, 0.05) is 13.1 Å². The molecule has 1 atom stereocenters. The summed E-state index contributed by atoms with van der Waals surface area (Å²) in [7, 11) is -3.97. The maximum Gasteiger partial charge on any atom is 0.244 e. The van der Waals surface area contributed by atoms with Crippen molar-refractivity contribution in [2.24, 2.45) is 5.92 Å². The van der Waals surface area contributed by atoms with Crippen LogP contribution in [0.3, 0.4) is 0 Å². The van der Waals surface area contributed by atoms with Crippen molar-refractivity contribution in [3.8, 4) is 0 Å². The van der Waals surface area contributed by atoms with Gasteiger partial charge in [0.15, 0.2) is 0 Å². The van der Waals surface area contributed by atoms with Crippen LogP contribution < -0.4 is 9.62 Å². The molecule has 0 bridgehead atoms. The van der Waals surface area contributed by atoms with Crippen LogP contribution in [0.25, 0.3) is 0 Å². The molecule has 0 heterocycles. The van der Waals surface area contributed by atoms with Crippen LogP contribution in [0.15, 0.2) is 48.5 Å². The Kier molecular flexibility index (Phi) is 8.99. The number of carbonyl (C=O) groups excluding carboxylic acids is 2. The molecule has 0 spiro atoms. The Bertz CT molecular complexity index is 1090. The van der Waals surface area contributed by atoms with E-state index >= 15 is 0 Å². The minimum absolute atomic E-state index is 0.108. The average Bonchev–Trinajstić information content (AvgIpc) is 2.74. The van der Waals surface area contributed by atoms with E-state index < -0.39 is 34.3 Å². The molecule has 180 valence electrons. The van der Waals surface area contributed by atoms with Gasteiger partial charge in [-0.3, -0.25) is 13.9 Å². The van der Waals surface area contributed by atoms with Crippen molar-refractivity contribution in [3.63, 3.8) is 0 Å². The molecule has 0 saturated carbocycles.